The van der Waals surface area contributed by atoms with E-state index in [0.29, 0.717) is 32.8 Å². The number of piperazine rings is 2. The number of hydrogen-bond donors (Lipinski definition) is 1. The van der Waals surface area contributed by atoms with Crippen LogP contribution >= 0.6 is 23.2 Å². The van der Waals surface area contributed by atoms with Crippen molar-refractivity contribution in [1.82, 2.24) is 53.8 Å². The lowest BCUT2D eigenvalue weighted by molar-refractivity contribution is -0.133. The summed E-state index contributed by atoms with van der Waals surface area (Å²) < 4.78 is 16.1. The number of imidazole rings is 2. The number of amides is 2. The number of hydrogen-bond acceptors (Lipinski definition) is 11. The van der Waals surface area contributed by atoms with Crippen LogP contribution in [0, 0.1) is 0 Å². The second kappa shape index (κ2) is 28.4. The maximum Gasteiger partial charge on any atom is 0.236 e. The summed E-state index contributed by atoms with van der Waals surface area (Å²) in [6.45, 7) is 18.4. The van der Waals surface area contributed by atoms with Crippen LogP contribution in [0.15, 0.2) is 97.6 Å². The Hall–Kier alpha value is -5.26. The molecule has 8 rings (SSSR count). The number of nitrogens with one attached hydrogen (secondary N) is 1. The maximum absolute atomic E-state index is 12.3. The summed E-state index contributed by atoms with van der Waals surface area (Å²) in [5.41, 5.74) is 5.98. The lowest BCUT2D eigenvalue weighted by Gasteiger charge is -2.35. The van der Waals surface area contributed by atoms with Gasteiger partial charge in [0.05, 0.1) is 48.4 Å². The average molecular weight is 1040 g/mol. The summed E-state index contributed by atoms with van der Waals surface area (Å²) in [4.78, 5) is 46.9. The molecule has 2 aliphatic heterocycles. The molecule has 4 aromatic carbocycles. The lowest BCUT2D eigenvalue weighted by atomic mass is 10.2. The second-order valence-corrected chi connectivity index (χ2v) is 20.7. The van der Waals surface area contributed by atoms with Crippen LogP contribution in [0.2, 0.25) is 10.0 Å². The first-order valence-corrected chi connectivity index (χ1v) is 26.9. The summed E-state index contributed by atoms with van der Waals surface area (Å²) >= 11 is 12.0. The third-order valence-corrected chi connectivity index (χ3v) is 14.2. The molecule has 6 aromatic rings. The predicted molar refractivity (Wildman–Crippen MR) is 296 cm³/mol. The Labute approximate surface area is 442 Å². The molecule has 1 N–H and O–H groups in total. The van der Waals surface area contributed by atoms with Crippen LogP contribution < -0.4 is 14.8 Å². The van der Waals surface area contributed by atoms with Crippen molar-refractivity contribution in [3.63, 3.8) is 0 Å². The molecule has 2 saturated heterocycles. The Kier molecular flexibility index (Phi) is 21.6. The topological polar surface area (TPSA) is 120 Å². The van der Waals surface area contributed by atoms with Gasteiger partial charge in [-0.15, -0.1) is 0 Å². The van der Waals surface area contributed by atoms with Crippen LogP contribution in [0.5, 0.6) is 11.5 Å². The van der Waals surface area contributed by atoms with Gasteiger partial charge < -0.3 is 34.4 Å². The highest BCUT2D eigenvalue weighted by Gasteiger charge is 2.22. The molecule has 0 saturated carbocycles. The third kappa shape index (κ3) is 17.4. The molecule has 2 fully saturated rings. The van der Waals surface area contributed by atoms with Crippen LogP contribution in [0.3, 0.4) is 0 Å². The Balaban J connectivity index is 0.000000214. The first-order valence-electron chi connectivity index (χ1n) is 26.2. The molecule has 0 bridgehead atoms. The van der Waals surface area contributed by atoms with Gasteiger partial charge in [-0.25, -0.2) is 9.97 Å². The number of rotatable bonds is 24. The van der Waals surface area contributed by atoms with E-state index in [1.807, 2.05) is 111 Å². The SMILES string of the molecule is CC(C)N(C)C(=O)CN1CCN(CCCCCOc2ccc3c(c2)ncn3-c2ccc(Cl)cc2)CC1.CN(C)CCNC(=O)CN1CCN(CCCCCOc2ccc3c(c2)ncn3-c2ccc(Cl)cc2)CC1. The van der Waals surface area contributed by atoms with Crippen molar-refractivity contribution in [2.75, 3.05) is 126 Å². The van der Waals surface area contributed by atoms with Crippen molar-refractivity contribution in [1.29, 1.82) is 0 Å². The monoisotopic (exact) mass is 1040 g/mol. The van der Waals surface area contributed by atoms with Crippen LogP contribution in [0.25, 0.3) is 33.4 Å². The predicted octanol–water partition coefficient (Wildman–Crippen LogP) is 8.24. The molecule has 0 atom stereocenters. The highest BCUT2D eigenvalue weighted by atomic mass is 35.5. The number of carbonyl (C=O) groups excluding carboxylic acids is 2. The van der Waals surface area contributed by atoms with Crippen LogP contribution in [0.1, 0.15) is 52.4 Å². The molecule has 0 unspecified atom stereocenters. The van der Waals surface area contributed by atoms with E-state index in [-0.39, 0.29) is 17.9 Å². The van der Waals surface area contributed by atoms with Crippen molar-refractivity contribution >= 4 is 57.1 Å². The molecule has 0 spiro atoms. The summed E-state index contributed by atoms with van der Waals surface area (Å²) in [6, 6.07) is 27.9. The van der Waals surface area contributed by atoms with E-state index in [0.717, 1.165) is 153 Å². The Morgan fingerprint density at radius 2 is 1.03 bits per heavy atom. The van der Waals surface area contributed by atoms with E-state index >= 15 is 0 Å². The molecular formula is C56H77Cl2N11O4. The van der Waals surface area contributed by atoms with Crippen LogP contribution in [-0.4, -0.2) is 192 Å². The first kappa shape index (κ1) is 55.5. The van der Waals surface area contributed by atoms with E-state index < -0.39 is 0 Å². The van der Waals surface area contributed by atoms with Gasteiger partial charge in [-0.3, -0.25) is 28.5 Å². The smallest absolute Gasteiger partial charge is 0.236 e. The number of ether oxygens (including phenoxy) is 2. The summed E-state index contributed by atoms with van der Waals surface area (Å²) in [7, 11) is 5.92. The molecule has 4 heterocycles. The fraction of sp³-hybridized carbons (Fsp3) is 0.500. The molecule has 15 nitrogen and oxygen atoms in total. The van der Waals surface area contributed by atoms with E-state index in [1.54, 1.807) is 0 Å². The van der Waals surface area contributed by atoms with Crippen molar-refractivity contribution in [3.05, 3.63) is 108 Å². The molecule has 394 valence electrons. The van der Waals surface area contributed by atoms with E-state index in [9.17, 15) is 9.59 Å². The van der Waals surface area contributed by atoms with Gasteiger partial charge in [0.2, 0.25) is 11.8 Å². The number of aromatic nitrogens is 4. The van der Waals surface area contributed by atoms with E-state index in [2.05, 4.69) is 74.9 Å². The normalized spacial score (nSPS) is 15.0. The van der Waals surface area contributed by atoms with Gasteiger partial charge in [-0.2, -0.15) is 0 Å². The molecule has 73 heavy (non-hydrogen) atoms. The number of likely N-dealkylation sites (N-methyl/N-ethyl adjacent to an activating group) is 2. The first-order chi connectivity index (χ1) is 35.4. The van der Waals surface area contributed by atoms with Crippen molar-refractivity contribution in [2.24, 2.45) is 0 Å². The zero-order chi connectivity index (χ0) is 51.5. The van der Waals surface area contributed by atoms with Gasteiger partial charge in [-0.05, 0) is 152 Å². The van der Waals surface area contributed by atoms with Gasteiger partial charge in [-0.1, -0.05) is 23.2 Å². The molecule has 0 aliphatic carbocycles. The zero-order valence-corrected chi connectivity index (χ0v) is 45.2. The number of halogens is 2. The minimum absolute atomic E-state index is 0.129. The Morgan fingerprint density at radius 1 is 0.589 bits per heavy atom. The number of benzene rings is 4. The van der Waals surface area contributed by atoms with Gasteiger partial charge in [0.15, 0.2) is 0 Å². The Bertz CT molecular complexity index is 2610. The number of nitrogens with zero attached hydrogens (tertiary/aromatic N) is 10. The van der Waals surface area contributed by atoms with Gasteiger partial charge in [0.1, 0.15) is 24.2 Å². The standard InChI is InChI=1S/C28H39ClN6O2.C28H38ClN5O2/c1-32(2)14-12-30-28(36)21-34-17-15-33(16-18-34)13-4-3-5-19-37-25-10-11-27-26(20-25)31-22-35(27)24-8-6-23(29)7-9-24;1-22(2)31(3)28(35)20-33-16-14-32(15-17-33)13-5-4-6-18-36-25-11-12-27-26(19-25)30-21-34(27)24-9-7-23(29)8-10-24/h6-11,20,22H,3-5,12-19,21H2,1-2H3,(H,30,36);7-12,19,21-22H,4-6,13-18,20H2,1-3H3. The quantitative estimate of drug-likeness (QED) is 0.0591. The third-order valence-electron chi connectivity index (χ3n) is 13.7. The van der Waals surface area contributed by atoms with E-state index in [4.69, 9.17) is 32.7 Å². The second-order valence-electron chi connectivity index (χ2n) is 19.8. The zero-order valence-electron chi connectivity index (χ0n) is 43.7. The maximum atomic E-state index is 12.3. The van der Waals surface area contributed by atoms with E-state index in [1.165, 1.54) is 12.8 Å². The Morgan fingerprint density at radius 3 is 1.47 bits per heavy atom. The van der Waals surface area contributed by atoms with Gasteiger partial charge >= 0.3 is 0 Å². The van der Waals surface area contributed by atoms with Crippen LogP contribution in [0.4, 0.5) is 0 Å². The molecular weight excluding hydrogens is 962 g/mol. The molecule has 0 radical (unpaired) electrons. The fourth-order valence-corrected chi connectivity index (χ4v) is 9.25. The van der Waals surface area contributed by atoms with Gasteiger partial charge in [0, 0.05) is 112 Å². The minimum Gasteiger partial charge on any atom is -0.494 e. The molecule has 17 heteroatoms. The summed E-state index contributed by atoms with van der Waals surface area (Å²) in [5.74, 6) is 2.06. The number of unbranched alkanes of at least 4 members (excludes halogenated alkanes) is 4. The molecule has 2 amide bonds. The fourth-order valence-electron chi connectivity index (χ4n) is 9.00. The van der Waals surface area contributed by atoms with Crippen molar-refractivity contribution in [3.8, 4) is 22.9 Å². The lowest BCUT2D eigenvalue weighted by Crippen LogP contribution is -2.50. The molecule has 2 aromatic heterocycles. The highest BCUT2D eigenvalue weighted by Crippen LogP contribution is 2.26. The molecule has 2 aliphatic rings. The van der Waals surface area contributed by atoms with Gasteiger partial charge in [0.25, 0.3) is 0 Å². The minimum atomic E-state index is 0.129. The van der Waals surface area contributed by atoms with Crippen molar-refractivity contribution in [2.45, 2.75) is 58.4 Å². The van der Waals surface area contributed by atoms with Crippen molar-refractivity contribution < 1.29 is 19.1 Å². The average Bonchev–Trinajstić information content (AvgIpc) is 4.01. The number of fused-ring (bicyclic) bond motifs is 2. The summed E-state index contributed by atoms with van der Waals surface area (Å²) in [5, 5.41) is 4.44. The number of carbonyl (C=O) groups is 2. The summed E-state index contributed by atoms with van der Waals surface area (Å²) in [6.07, 6.45) is 10.4. The largest absolute Gasteiger partial charge is 0.494 e. The highest BCUT2D eigenvalue weighted by molar-refractivity contribution is 6.30. The van der Waals surface area contributed by atoms with Crippen LogP contribution in [-0.2, 0) is 9.59 Å².